The Morgan fingerprint density at radius 2 is 2.18 bits per heavy atom. The fourth-order valence-corrected chi connectivity index (χ4v) is 4.62. The molecule has 3 aromatic heterocycles. The molecule has 3 aromatic rings. The number of hydrogen-bond acceptors (Lipinski definition) is 5. The van der Waals surface area contributed by atoms with Crippen molar-refractivity contribution in [1.29, 1.82) is 0 Å². The van der Waals surface area contributed by atoms with Crippen LogP contribution in [0.2, 0.25) is 0 Å². The van der Waals surface area contributed by atoms with E-state index in [1.807, 2.05) is 13.0 Å². The standard InChI is InChI=1S/C14H15N3O3S2/c1-10-8-12(16-15-10)13-5-6-14(21-13)22(18,19)17(2)9-11-4-3-7-20-11/h3-8H,9H2,1-2H3,(H,15,16). The zero-order chi connectivity index (χ0) is 15.7. The molecule has 0 aliphatic rings. The molecular weight excluding hydrogens is 322 g/mol. The average molecular weight is 337 g/mol. The quantitative estimate of drug-likeness (QED) is 0.776. The zero-order valence-corrected chi connectivity index (χ0v) is 13.7. The predicted octanol–water partition coefficient (Wildman–Crippen LogP) is 2.86. The van der Waals surface area contributed by atoms with Crippen molar-refractivity contribution in [2.45, 2.75) is 17.7 Å². The van der Waals surface area contributed by atoms with Crippen LogP contribution < -0.4 is 0 Å². The van der Waals surface area contributed by atoms with Crippen molar-refractivity contribution in [3.63, 3.8) is 0 Å². The highest BCUT2D eigenvalue weighted by Crippen LogP contribution is 2.31. The van der Waals surface area contributed by atoms with Gasteiger partial charge in [-0.1, -0.05) is 0 Å². The van der Waals surface area contributed by atoms with Crippen LogP contribution in [0.5, 0.6) is 0 Å². The number of nitrogens with zero attached hydrogens (tertiary/aromatic N) is 2. The molecule has 3 rings (SSSR count). The number of aromatic nitrogens is 2. The number of furan rings is 1. The number of sulfonamides is 1. The van der Waals surface area contributed by atoms with Crippen LogP contribution in [-0.4, -0.2) is 30.0 Å². The summed E-state index contributed by atoms with van der Waals surface area (Å²) in [7, 11) is -2.00. The van der Waals surface area contributed by atoms with E-state index in [2.05, 4.69) is 10.2 Å². The summed E-state index contributed by atoms with van der Waals surface area (Å²) >= 11 is 1.20. The highest BCUT2D eigenvalue weighted by molar-refractivity contribution is 7.91. The molecule has 0 bridgehead atoms. The molecule has 8 heteroatoms. The average Bonchev–Trinajstić information content (AvgIpc) is 3.18. The highest BCUT2D eigenvalue weighted by atomic mass is 32.2. The second-order valence-corrected chi connectivity index (χ2v) is 8.25. The Kier molecular flexibility index (Phi) is 3.90. The summed E-state index contributed by atoms with van der Waals surface area (Å²) in [6.07, 6.45) is 1.53. The van der Waals surface area contributed by atoms with Crippen molar-refractivity contribution in [1.82, 2.24) is 14.5 Å². The van der Waals surface area contributed by atoms with Gasteiger partial charge in [0.1, 0.15) is 15.7 Å². The Morgan fingerprint density at radius 1 is 1.36 bits per heavy atom. The normalized spacial score (nSPS) is 12.1. The number of H-pyrrole nitrogens is 1. The smallest absolute Gasteiger partial charge is 0.252 e. The molecule has 1 N–H and O–H groups in total. The molecule has 0 saturated heterocycles. The van der Waals surface area contributed by atoms with Crippen LogP contribution in [0.25, 0.3) is 10.6 Å². The third-order valence-corrected chi connectivity index (χ3v) is 6.54. The van der Waals surface area contributed by atoms with Gasteiger partial charge in [-0.25, -0.2) is 8.42 Å². The molecule has 0 aliphatic carbocycles. The van der Waals surface area contributed by atoms with Crippen LogP contribution in [0.15, 0.2) is 45.2 Å². The Morgan fingerprint density at radius 3 is 2.82 bits per heavy atom. The van der Waals surface area contributed by atoms with Crippen LogP contribution in [0.4, 0.5) is 0 Å². The third kappa shape index (κ3) is 2.85. The van der Waals surface area contributed by atoms with Gasteiger partial charge >= 0.3 is 0 Å². The van der Waals surface area contributed by atoms with Crippen molar-refractivity contribution in [3.05, 3.63) is 48.0 Å². The van der Waals surface area contributed by atoms with Crippen molar-refractivity contribution in [2.75, 3.05) is 7.05 Å². The van der Waals surface area contributed by atoms with Crippen molar-refractivity contribution in [3.8, 4) is 10.6 Å². The van der Waals surface area contributed by atoms with Crippen LogP contribution in [0.3, 0.4) is 0 Å². The molecule has 0 unspecified atom stereocenters. The highest BCUT2D eigenvalue weighted by Gasteiger charge is 2.24. The monoisotopic (exact) mass is 337 g/mol. The lowest BCUT2D eigenvalue weighted by Gasteiger charge is -2.14. The first-order valence-corrected chi connectivity index (χ1v) is 8.83. The van der Waals surface area contributed by atoms with Crippen LogP contribution in [0.1, 0.15) is 11.5 Å². The molecule has 0 aliphatic heterocycles. The Labute approximate surface area is 132 Å². The largest absolute Gasteiger partial charge is 0.468 e. The third-order valence-electron chi connectivity index (χ3n) is 3.16. The molecule has 0 radical (unpaired) electrons. The summed E-state index contributed by atoms with van der Waals surface area (Å²) in [5.74, 6) is 0.603. The van der Waals surface area contributed by atoms with Gasteiger partial charge in [0.05, 0.1) is 17.7 Å². The van der Waals surface area contributed by atoms with Gasteiger partial charge in [0.25, 0.3) is 10.0 Å². The fourth-order valence-electron chi connectivity index (χ4n) is 2.00. The minimum absolute atomic E-state index is 0.198. The van der Waals surface area contributed by atoms with Crippen LogP contribution in [-0.2, 0) is 16.6 Å². The predicted molar refractivity (Wildman–Crippen MR) is 84.0 cm³/mol. The van der Waals surface area contributed by atoms with Gasteiger partial charge in [-0.15, -0.1) is 11.3 Å². The van der Waals surface area contributed by atoms with Crippen molar-refractivity contribution < 1.29 is 12.8 Å². The van der Waals surface area contributed by atoms with Gasteiger partial charge in [-0.2, -0.15) is 9.40 Å². The van der Waals surface area contributed by atoms with E-state index >= 15 is 0 Å². The van der Waals surface area contributed by atoms with Gasteiger partial charge in [-0.05, 0) is 37.3 Å². The zero-order valence-electron chi connectivity index (χ0n) is 12.1. The molecule has 3 heterocycles. The second kappa shape index (κ2) is 5.71. The van der Waals surface area contributed by atoms with Crippen molar-refractivity contribution >= 4 is 21.4 Å². The van der Waals surface area contributed by atoms with Crippen molar-refractivity contribution in [2.24, 2.45) is 0 Å². The first-order valence-electron chi connectivity index (χ1n) is 6.58. The number of thiophene rings is 1. The molecule has 116 valence electrons. The van der Waals surface area contributed by atoms with Gasteiger partial charge < -0.3 is 4.42 Å². The Hall–Kier alpha value is -1.90. The van der Waals surface area contributed by atoms with Crippen LogP contribution in [0, 0.1) is 6.92 Å². The van der Waals surface area contributed by atoms with E-state index in [1.165, 1.54) is 29.0 Å². The minimum atomic E-state index is -3.54. The van der Waals surface area contributed by atoms with Gasteiger partial charge in [0.2, 0.25) is 0 Å². The molecule has 0 amide bonds. The molecular formula is C14H15N3O3S2. The number of aryl methyl sites for hydroxylation is 1. The van der Waals surface area contributed by atoms with E-state index in [0.29, 0.717) is 5.76 Å². The summed E-state index contributed by atoms with van der Waals surface area (Å²) in [5, 5.41) is 7.00. The summed E-state index contributed by atoms with van der Waals surface area (Å²) in [4.78, 5) is 0.814. The first kappa shape index (κ1) is 15.0. The molecule has 0 spiro atoms. The topological polar surface area (TPSA) is 79.2 Å². The molecule has 6 nitrogen and oxygen atoms in total. The minimum Gasteiger partial charge on any atom is -0.468 e. The summed E-state index contributed by atoms with van der Waals surface area (Å²) in [6, 6.07) is 8.75. The van der Waals surface area contributed by atoms with E-state index in [1.54, 1.807) is 24.3 Å². The van der Waals surface area contributed by atoms with Gasteiger partial charge in [0.15, 0.2) is 0 Å². The number of aromatic amines is 1. The van der Waals surface area contributed by atoms with Crippen LogP contribution >= 0.6 is 11.3 Å². The lowest BCUT2D eigenvalue weighted by Crippen LogP contribution is -2.25. The maximum absolute atomic E-state index is 12.6. The van der Waals surface area contributed by atoms with E-state index in [4.69, 9.17) is 4.42 Å². The van der Waals surface area contributed by atoms with Gasteiger partial charge in [-0.3, -0.25) is 5.10 Å². The lowest BCUT2D eigenvalue weighted by molar-refractivity contribution is 0.407. The number of nitrogens with one attached hydrogen (secondary N) is 1. The SMILES string of the molecule is Cc1cc(-c2ccc(S(=O)(=O)N(C)Cc3ccco3)s2)n[nH]1. The summed E-state index contributed by atoms with van der Waals surface area (Å²) < 4.78 is 31.9. The van der Waals surface area contributed by atoms with Gasteiger partial charge in [0, 0.05) is 12.7 Å². The fraction of sp³-hybridized carbons (Fsp3) is 0.214. The Bertz CT molecular complexity index is 863. The van der Waals surface area contributed by atoms with E-state index in [-0.39, 0.29) is 10.8 Å². The number of rotatable bonds is 5. The summed E-state index contributed by atoms with van der Waals surface area (Å²) in [6.45, 7) is 2.10. The maximum atomic E-state index is 12.6. The molecule has 22 heavy (non-hydrogen) atoms. The summed E-state index contributed by atoms with van der Waals surface area (Å²) in [5.41, 5.74) is 1.68. The molecule has 0 saturated carbocycles. The maximum Gasteiger partial charge on any atom is 0.252 e. The van der Waals surface area contributed by atoms with E-state index in [9.17, 15) is 8.42 Å². The molecule has 0 aromatic carbocycles. The first-order chi connectivity index (χ1) is 10.5. The molecule has 0 atom stereocenters. The molecule has 0 fully saturated rings. The van der Waals surface area contributed by atoms with E-state index < -0.39 is 10.0 Å². The number of hydrogen-bond donors (Lipinski definition) is 1. The Balaban J connectivity index is 1.85. The van der Waals surface area contributed by atoms with E-state index in [0.717, 1.165) is 16.3 Å². The second-order valence-electron chi connectivity index (χ2n) is 4.90. The lowest BCUT2D eigenvalue weighted by atomic mass is 10.3.